The smallest absolute Gasteiger partial charge is 0.338 e. The number of nitrogens with zero attached hydrogens (tertiary/aromatic N) is 2. The van der Waals surface area contributed by atoms with Gasteiger partial charge in [-0.1, -0.05) is 30.1 Å². The van der Waals surface area contributed by atoms with Crippen LogP contribution in [0.15, 0.2) is 63.4 Å². The van der Waals surface area contributed by atoms with E-state index in [0.717, 1.165) is 23.3 Å². The summed E-state index contributed by atoms with van der Waals surface area (Å²) in [6.07, 6.45) is 3.57. The lowest BCUT2D eigenvalue weighted by molar-refractivity contribution is -0.139. The number of halogens is 2. The normalized spacial score (nSPS) is 15.6. The van der Waals surface area contributed by atoms with Crippen LogP contribution in [0.2, 0.25) is 0 Å². The summed E-state index contributed by atoms with van der Waals surface area (Å²) in [7, 11) is 0. The first-order chi connectivity index (χ1) is 16.3. The summed E-state index contributed by atoms with van der Waals surface area (Å²) >= 11 is 7.27. The average Bonchev–Trinajstić information content (AvgIpc) is 3.41. The van der Waals surface area contributed by atoms with E-state index in [2.05, 4.69) is 56.8 Å². The first-order valence-corrected chi connectivity index (χ1v) is 14.2. The second-order valence-corrected chi connectivity index (χ2v) is 11.5. The highest BCUT2D eigenvalue weighted by Crippen LogP contribution is 2.33. The Balaban J connectivity index is 1.86. The fourth-order valence-corrected chi connectivity index (χ4v) is 7.60. The fraction of sp³-hybridized carbons (Fsp3) is 0.208. The molecule has 1 aliphatic rings. The van der Waals surface area contributed by atoms with Gasteiger partial charge in [0.15, 0.2) is 4.80 Å². The Hall–Kier alpha value is -1.77. The fourth-order valence-electron chi connectivity index (χ4n) is 3.60. The Labute approximate surface area is 231 Å². The minimum atomic E-state index is -0.563. The summed E-state index contributed by atoms with van der Waals surface area (Å²) in [5, 5.41) is 1.93. The minimum Gasteiger partial charge on any atom is -0.487 e. The van der Waals surface area contributed by atoms with E-state index in [1.807, 2.05) is 35.7 Å². The number of benzene rings is 1. The van der Waals surface area contributed by atoms with Gasteiger partial charge < -0.3 is 9.47 Å². The van der Waals surface area contributed by atoms with E-state index in [1.165, 1.54) is 22.7 Å². The number of hydrogen-bond donors (Lipinski definition) is 0. The van der Waals surface area contributed by atoms with Crippen LogP contribution in [0, 0.1) is 7.14 Å². The number of esters is 1. The van der Waals surface area contributed by atoms with Crippen LogP contribution in [-0.2, 0) is 9.53 Å². The van der Waals surface area contributed by atoms with Crippen molar-refractivity contribution in [2.24, 2.45) is 4.99 Å². The number of fused-ring (bicyclic) bond motifs is 1. The molecule has 0 bridgehead atoms. The Morgan fingerprint density at radius 1 is 1.32 bits per heavy atom. The van der Waals surface area contributed by atoms with Crippen molar-refractivity contribution < 1.29 is 14.3 Å². The highest BCUT2D eigenvalue weighted by molar-refractivity contribution is 14.1. The number of allylic oxidation sites excluding steroid dienone is 1. The number of ether oxygens (including phenoxy) is 2. The summed E-state index contributed by atoms with van der Waals surface area (Å²) in [6.45, 7) is 7.92. The van der Waals surface area contributed by atoms with Gasteiger partial charge in [-0.15, -0.1) is 11.3 Å². The molecule has 6 nitrogen and oxygen atoms in total. The lowest BCUT2D eigenvalue weighted by Gasteiger charge is -2.23. The van der Waals surface area contributed by atoms with Crippen molar-refractivity contribution in [3.63, 3.8) is 0 Å². The van der Waals surface area contributed by atoms with Crippen LogP contribution in [0.4, 0.5) is 0 Å². The van der Waals surface area contributed by atoms with Crippen LogP contribution >= 0.6 is 67.9 Å². The molecule has 0 amide bonds. The Morgan fingerprint density at radius 3 is 2.68 bits per heavy atom. The highest BCUT2D eigenvalue weighted by Gasteiger charge is 2.33. The molecule has 1 atom stereocenters. The monoisotopic (exact) mass is 718 g/mol. The number of rotatable bonds is 7. The molecule has 0 aliphatic carbocycles. The molecule has 34 heavy (non-hydrogen) atoms. The van der Waals surface area contributed by atoms with Gasteiger partial charge >= 0.3 is 5.97 Å². The van der Waals surface area contributed by atoms with Gasteiger partial charge in [-0.2, -0.15) is 0 Å². The Bertz CT molecular complexity index is 1450. The van der Waals surface area contributed by atoms with E-state index in [-0.39, 0.29) is 12.2 Å². The van der Waals surface area contributed by atoms with Crippen LogP contribution in [0.25, 0.3) is 6.08 Å². The summed E-state index contributed by atoms with van der Waals surface area (Å²) in [5.41, 5.74) is 1.67. The van der Waals surface area contributed by atoms with Crippen LogP contribution in [0.5, 0.6) is 5.75 Å². The van der Waals surface area contributed by atoms with Crippen molar-refractivity contribution >= 4 is 79.9 Å². The highest BCUT2D eigenvalue weighted by atomic mass is 127. The molecule has 4 rings (SSSR count). The summed E-state index contributed by atoms with van der Waals surface area (Å²) in [4.78, 5) is 32.5. The van der Waals surface area contributed by atoms with Crippen molar-refractivity contribution in [3.05, 3.63) is 90.8 Å². The van der Waals surface area contributed by atoms with Gasteiger partial charge in [0.05, 0.1) is 29.5 Å². The molecule has 1 aromatic carbocycles. The zero-order valence-corrected chi connectivity index (χ0v) is 24.3. The number of hydrogen-bond acceptors (Lipinski definition) is 7. The number of thiazole rings is 1. The molecule has 176 valence electrons. The number of carbonyl (C=O) groups is 1. The largest absolute Gasteiger partial charge is 0.487 e. The summed E-state index contributed by atoms with van der Waals surface area (Å²) in [5.74, 6) is 0.350. The Kier molecular flexibility index (Phi) is 8.10. The van der Waals surface area contributed by atoms with Gasteiger partial charge in [0.2, 0.25) is 0 Å². The van der Waals surface area contributed by atoms with Crippen LogP contribution < -0.4 is 19.6 Å². The van der Waals surface area contributed by atoms with Crippen LogP contribution in [0.1, 0.15) is 30.3 Å². The van der Waals surface area contributed by atoms with Crippen molar-refractivity contribution in [2.75, 3.05) is 13.2 Å². The van der Waals surface area contributed by atoms with Gasteiger partial charge in [-0.25, -0.2) is 9.79 Å². The molecule has 3 aromatic rings. The van der Waals surface area contributed by atoms with Gasteiger partial charge in [0.1, 0.15) is 18.4 Å². The van der Waals surface area contributed by atoms with E-state index in [9.17, 15) is 9.59 Å². The molecule has 2 aromatic heterocycles. The maximum atomic E-state index is 13.6. The van der Waals surface area contributed by atoms with E-state index < -0.39 is 12.0 Å². The lowest BCUT2D eigenvalue weighted by Crippen LogP contribution is -2.39. The molecule has 1 aliphatic heterocycles. The molecule has 0 fully saturated rings. The predicted molar refractivity (Wildman–Crippen MR) is 152 cm³/mol. The minimum absolute atomic E-state index is 0.187. The van der Waals surface area contributed by atoms with Crippen molar-refractivity contribution in [1.82, 2.24) is 4.57 Å². The molecular formula is C24H20I2N2O4S2. The molecule has 0 radical (unpaired) electrons. The first-order valence-electron chi connectivity index (χ1n) is 10.3. The second-order valence-electron chi connectivity index (χ2n) is 7.23. The lowest BCUT2D eigenvalue weighted by atomic mass is 10.0. The van der Waals surface area contributed by atoms with Gasteiger partial charge in [0, 0.05) is 4.88 Å². The SMILES string of the molecule is C=CCOc1c(I)cc(/C=c2/sc3n(c2=O)[C@H](c2cccs2)C(C(=O)OCC)=C(C)N=3)cc1I. The molecule has 0 spiro atoms. The number of aromatic nitrogens is 1. The second kappa shape index (κ2) is 10.9. The van der Waals surface area contributed by atoms with Gasteiger partial charge in [0.25, 0.3) is 5.56 Å². The topological polar surface area (TPSA) is 69.9 Å². The number of thiophene rings is 1. The maximum Gasteiger partial charge on any atom is 0.338 e. The van der Waals surface area contributed by atoms with Gasteiger partial charge in [-0.3, -0.25) is 9.36 Å². The van der Waals surface area contributed by atoms with Crippen molar-refractivity contribution in [2.45, 2.75) is 19.9 Å². The third-order valence-corrected chi connectivity index (χ3v) is 8.50. The van der Waals surface area contributed by atoms with E-state index in [1.54, 1.807) is 24.5 Å². The maximum absolute atomic E-state index is 13.6. The summed E-state index contributed by atoms with van der Waals surface area (Å²) in [6, 6.07) is 7.23. The summed E-state index contributed by atoms with van der Waals surface area (Å²) < 4.78 is 15.1. The quantitative estimate of drug-likeness (QED) is 0.203. The van der Waals surface area contributed by atoms with E-state index in [4.69, 9.17) is 9.47 Å². The van der Waals surface area contributed by atoms with E-state index >= 15 is 0 Å². The average molecular weight is 718 g/mol. The van der Waals surface area contributed by atoms with Gasteiger partial charge in [-0.05, 0) is 94.2 Å². The van der Waals surface area contributed by atoms with Crippen LogP contribution in [-0.4, -0.2) is 23.8 Å². The molecular weight excluding hydrogens is 698 g/mol. The third kappa shape index (κ3) is 4.95. The molecule has 0 saturated carbocycles. The zero-order chi connectivity index (χ0) is 24.4. The zero-order valence-electron chi connectivity index (χ0n) is 18.3. The van der Waals surface area contributed by atoms with Crippen molar-refractivity contribution in [1.29, 1.82) is 0 Å². The molecule has 0 unspecified atom stereocenters. The van der Waals surface area contributed by atoms with E-state index in [0.29, 0.717) is 27.2 Å². The Morgan fingerprint density at radius 2 is 2.06 bits per heavy atom. The third-order valence-electron chi connectivity index (χ3n) is 4.99. The van der Waals surface area contributed by atoms with Crippen LogP contribution in [0.3, 0.4) is 0 Å². The predicted octanol–water partition coefficient (Wildman–Crippen LogP) is 4.63. The molecule has 3 heterocycles. The van der Waals surface area contributed by atoms with Crippen molar-refractivity contribution in [3.8, 4) is 5.75 Å². The molecule has 10 heteroatoms. The number of carbonyl (C=O) groups excluding carboxylic acids is 1. The molecule has 0 N–H and O–H groups in total. The standard InChI is InChI=1S/C24H20I2N2O4S2/c1-4-8-32-21-15(25)10-14(11-16(21)26)12-18-22(29)28-20(17-7-6-9-33-17)19(23(30)31-5-2)13(3)27-24(28)34-18/h4,6-7,9-12,20H,1,5,8H2,2-3H3/b18-12+/t20-/m1/s1. The first kappa shape index (κ1) is 25.3. The molecule has 0 saturated heterocycles.